The van der Waals surface area contributed by atoms with Crippen molar-refractivity contribution in [1.29, 1.82) is 0 Å². The van der Waals surface area contributed by atoms with E-state index in [1.54, 1.807) is 17.4 Å². The van der Waals surface area contributed by atoms with Crippen LogP contribution < -0.4 is 5.32 Å². The average Bonchev–Trinajstić information content (AvgIpc) is 3.30. The van der Waals surface area contributed by atoms with E-state index in [9.17, 15) is 9.59 Å². The Morgan fingerprint density at radius 3 is 2.69 bits per heavy atom. The molecule has 0 aliphatic carbocycles. The molecule has 0 unspecified atom stereocenters. The van der Waals surface area contributed by atoms with Gasteiger partial charge in [-0.1, -0.05) is 12.1 Å². The molecule has 2 aromatic rings. The van der Waals surface area contributed by atoms with Crippen LogP contribution in [-0.2, 0) is 6.42 Å². The van der Waals surface area contributed by atoms with Gasteiger partial charge in [-0.05, 0) is 45.2 Å². The summed E-state index contributed by atoms with van der Waals surface area (Å²) in [5, 5.41) is 6.87. The lowest BCUT2D eigenvalue weighted by molar-refractivity contribution is 0.0715. The number of aromatic nitrogens is 1. The zero-order valence-electron chi connectivity index (χ0n) is 15.4. The topological polar surface area (TPSA) is 75.4 Å². The van der Waals surface area contributed by atoms with Crippen molar-refractivity contribution in [2.75, 3.05) is 13.1 Å². The minimum atomic E-state index is -0.240. The largest absolute Gasteiger partial charge is 0.351 e. The quantitative estimate of drug-likeness (QED) is 0.868. The van der Waals surface area contributed by atoms with Crippen LogP contribution in [0.5, 0.6) is 0 Å². The summed E-state index contributed by atoms with van der Waals surface area (Å²) in [7, 11) is 0. The molecule has 7 heteroatoms. The Labute approximate surface area is 157 Å². The van der Waals surface area contributed by atoms with Crippen LogP contribution in [0.15, 0.2) is 22.7 Å². The van der Waals surface area contributed by atoms with Gasteiger partial charge in [0.1, 0.15) is 0 Å². The minimum Gasteiger partial charge on any atom is -0.351 e. The second-order valence-corrected chi connectivity index (χ2v) is 8.10. The summed E-state index contributed by atoms with van der Waals surface area (Å²) in [5.41, 5.74) is 0.801. The number of amides is 2. The molecule has 26 heavy (non-hydrogen) atoms. The van der Waals surface area contributed by atoms with Gasteiger partial charge in [0.2, 0.25) is 5.76 Å². The standard InChI is InChI=1S/C19H25N3O3S/c1-4-14-5-6-17(26-14)19(24)22-9-7-13(8-10-22)15-11-16(25-21-15)18(23)20-12(2)3/h5-6,11-13H,4,7-10H2,1-3H3,(H,20,23). The van der Waals surface area contributed by atoms with Gasteiger partial charge in [0, 0.05) is 36.0 Å². The Morgan fingerprint density at radius 1 is 1.35 bits per heavy atom. The van der Waals surface area contributed by atoms with Crippen molar-refractivity contribution in [3.63, 3.8) is 0 Å². The molecular formula is C19H25N3O3S. The van der Waals surface area contributed by atoms with E-state index in [2.05, 4.69) is 17.4 Å². The van der Waals surface area contributed by atoms with Crippen molar-refractivity contribution in [2.45, 2.75) is 52.0 Å². The van der Waals surface area contributed by atoms with Crippen molar-refractivity contribution < 1.29 is 14.1 Å². The molecule has 0 spiro atoms. The Balaban J connectivity index is 1.57. The van der Waals surface area contributed by atoms with Gasteiger partial charge < -0.3 is 14.7 Å². The van der Waals surface area contributed by atoms with E-state index >= 15 is 0 Å². The third-order valence-corrected chi connectivity index (χ3v) is 5.81. The van der Waals surface area contributed by atoms with Gasteiger partial charge >= 0.3 is 0 Å². The highest BCUT2D eigenvalue weighted by Crippen LogP contribution is 2.29. The molecule has 3 heterocycles. The van der Waals surface area contributed by atoms with E-state index in [0.717, 1.165) is 29.8 Å². The number of carbonyl (C=O) groups excluding carboxylic acids is 2. The summed E-state index contributed by atoms with van der Waals surface area (Å²) in [6, 6.07) is 5.74. The van der Waals surface area contributed by atoms with Gasteiger partial charge in [0.05, 0.1) is 10.6 Å². The molecule has 1 aliphatic rings. The SMILES string of the molecule is CCc1ccc(C(=O)N2CCC(c3cc(C(=O)NC(C)C)on3)CC2)s1. The van der Waals surface area contributed by atoms with Crippen molar-refractivity contribution in [3.8, 4) is 0 Å². The molecule has 3 rings (SSSR count). The van der Waals surface area contributed by atoms with Gasteiger partial charge in [-0.2, -0.15) is 0 Å². The van der Waals surface area contributed by atoms with Crippen molar-refractivity contribution >= 4 is 23.2 Å². The maximum absolute atomic E-state index is 12.6. The molecule has 0 atom stereocenters. The van der Waals surface area contributed by atoms with Crippen LogP contribution in [0.1, 0.15) is 70.3 Å². The van der Waals surface area contributed by atoms with Crippen molar-refractivity contribution in [3.05, 3.63) is 39.4 Å². The Morgan fingerprint density at radius 2 is 2.08 bits per heavy atom. The predicted octanol–water partition coefficient (Wildman–Crippen LogP) is 3.46. The lowest BCUT2D eigenvalue weighted by Crippen LogP contribution is -2.37. The summed E-state index contributed by atoms with van der Waals surface area (Å²) in [5.74, 6) is 0.344. The summed E-state index contributed by atoms with van der Waals surface area (Å²) >= 11 is 1.58. The zero-order chi connectivity index (χ0) is 18.7. The third-order valence-electron chi connectivity index (χ3n) is 4.59. The fourth-order valence-corrected chi connectivity index (χ4v) is 4.05. The number of nitrogens with zero attached hydrogens (tertiary/aromatic N) is 2. The number of rotatable bonds is 5. The highest BCUT2D eigenvalue weighted by Gasteiger charge is 2.28. The molecule has 1 aliphatic heterocycles. The molecule has 0 aromatic carbocycles. The lowest BCUT2D eigenvalue weighted by Gasteiger charge is -2.30. The molecule has 6 nitrogen and oxygen atoms in total. The fourth-order valence-electron chi connectivity index (χ4n) is 3.14. The average molecular weight is 375 g/mol. The number of piperidine rings is 1. The number of hydrogen-bond donors (Lipinski definition) is 1. The zero-order valence-corrected chi connectivity index (χ0v) is 16.3. The molecular weight excluding hydrogens is 350 g/mol. The third kappa shape index (κ3) is 4.15. The molecule has 0 saturated carbocycles. The van der Waals surface area contributed by atoms with E-state index in [4.69, 9.17) is 4.52 Å². The van der Waals surface area contributed by atoms with Gasteiger partial charge in [-0.25, -0.2) is 0 Å². The first-order valence-corrected chi connectivity index (χ1v) is 9.95. The van der Waals surface area contributed by atoms with Crippen LogP contribution in [0.2, 0.25) is 0 Å². The monoisotopic (exact) mass is 375 g/mol. The highest BCUT2D eigenvalue weighted by atomic mass is 32.1. The normalized spacial score (nSPS) is 15.5. The number of aryl methyl sites for hydroxylation is 1. The summed E-state index contributed by atoms with van der Waals surface area (Å²) < 4.78 is 5.20. The number of thiophene rings is 1. The van der Waals surface area contributed by atoms with Crippen LogP contribution in [0.25, 0.3) is 0 Å². The van der Waals surface area contributed by atoms with Gasteiger partial charge in [0.15, 0.2) is 0 Å². The first-order chi connectivity index (χ1) is 12.5. The summed E-state index contributed by atoms with van der Waals surface area (Å²) in [6.45, 7) is 7.30. The molecule has 140 valence electrons. The van der Waals surface area contributed by atoms with E-state index < -0.39 is 0 Å². The number of hydrogen-bond acceptors (Lipinski definition) is 5. The molecule has 2 aromatic heterocycles. The van der Waals surface area contributed by atoms with Gasteiger partial charge in [-0.15, -0.1) is 11.3 Å². The second-order valence-electron chi connectivity index (χ2n) is 6.93. The van der Waals surface area contributed by atoms with E-state index in [0.29, 0.717) is 13.1 Å². The number of likely N-dealkylation sites (tertiary alicyclic amines) is 1. The van der Waals surface area contributed by atoms with E-state index in [-0.39, 0.29) is 29.5 Å². The molecule has 1 N–H and O–H groups in total. The Kier molecular flexibility index (Phi) is 5.76. The lowest BCUT2D eigenvalue weighted by atomic mass is 9.93. The van der Waals surface area contributed by atoms with Gasteiger partial charge in [-0.3, -0.25) is 9.59 Å². The van der Waals surface area contributed by atoms with Crippen molar-refractivity contribution in [1.82, 2.24) is 15.4 Å². The van der Waals surface area contributed by atoms with Crippen LogP contribution in [0.3, 0.4) is 0 Å². The second kappa shape index (κ2) is 8.03. The minimum absolute atomic E-state index is 0.0516. The predicted molar refractivity (Wildman–Crippen MR) is 101 cm³/mol. The highest BCUT2D eigenvalue weighted by molar-refractivity contribution is 7.14. The molecule has 1 fully saturated rings. The van der Waals surface area contributed by atoms with Crippen LogP contribution in [0, 0.1) is 0 Å². The van der Waals surface area contributed by atoms with Crippen LogP contribution in [-0.4, -0.2) is 41.0 Å². The van der Waals surface area contributed by atoms with E-state index in [1.165, 1.54) is 4.88 Å². The van der Waals surface area contributed by atoms with Crippen molar-refractivity contribution in [2.24, 2.45) is 0 Å². The number of nitrogens with one attached hydrogen (secondary N) is 1. The van der Waals surface area contributed by atoms with Gasteiger partial charge in [0.25, 0.3) is 11.8 Å². The van der Waals surface area contributed by atoms with Crippen LogP contribution >= 0.6 is 11.3 Å². The van der Waals surface area contributed by atoms with E-state index in [1.807, 2.05) is 30.9 Å². The molecule has 2 amide bonds. The summed E-state index contributed by atoms with van der Waals surface area (Å²) in [4.78, 5) is 28.6. The van der Waals surface area contributed by atoms with Crippen LogP contribution in [0.4, 0.5) is 0 Å². The Hall–Kier alpha value is -2.15. The molecule has 0 bridgehead atoms. The first kappa shape index (κ1) is 18.6. The maximum atomic E-state index is 12.6. The first-order valence-electron chi connectivity index (χ1n) is 9.13. The number of carbonyl (C=O) groups is 2. The summed E-state index contributed by atoms with van der Waals surface area (Å²) in [6.07, 6.45) is 2.62. The Bertz CT molecular complexity index is 773. The smallest absolute Gasteiger partial charge is 0.290 e. The molecule has 0 radical (unpaired) electrons. The fraction of sp³-hybridized carbons (Fsp3) is 0.526. The maximum Gasteiger partial charge on any atom is 0.290 e. The molecule has 1 saturated heterocycles.